The van der Waals surface area contributed by atoms with Gasteiger partial charge < -0.3 is 0 Å². The van der Waals surface area contributed by atoms with E-state index in [9.17, 15) is 0 Å². The fourth-order valence-electron chi connectivity index (χ4n) is 3.70. The second kappa shape index (κ2) is 8.65. The maximum atomic E-state index is 2.43. The molecule has 1 aliphatic carbocycles. The van der Waals surface area contributed by atoms with Crippen LogP contribution in [0.2, 0.25) is 0 Å². The molecule has 0 heterocycles. The molecule has 3 rings (SSSR count). The van der Waals surface area contributed by atoms with Crippen LogP contribution in [-0.4, -0.2) is 5.66 Å². The molecule has 1 saturated carbocycles. The van der Waals surface area contributed by atoms with Crippen molar-refractivity contribution in [3.8, 4) is 0 Å². The summed E-state index contributed by atoms with van der Waals surface area (Å²) in [6.07, 6.45) is 10.9. The van der Waals surface area contributed by atoms with Gasteiger partial charge in [-0.15, -0.1) is 0 Å². The Labute approximate surface area is 143 Å². The Morgan fingerprint density at radius 1 is 0.826 bits per heavy atom. The lowest BCUT2D eigenvalue weighted by Gasteiger charge is -2.31. The highest BCUT2D eigenvalue weighted by Crippen LogP contribution is 2.46. The van der Waals surface area contributed by atoms with Crippen LogP contribution in [0, 0.1) is 0 Å². The molecule has 1 unspecified atom stereocenters. The van der Waals surface area contributed by atoms with E-state index in [0.29, 0.717) is 0 Å². The number of hydrogen-bond acceptors (Lipinski definition) is 0. The van der Waals surface area contributed by atoms with Crippen molar-refractivity contribution in [2.75, 3.05) is 0 Å². The minimum Gasteiger partial charge on any atom is -0.0654 e. The van der Waals surface area contributed by atoms with E-state index in [-0.39, 0.29) is 7.92 Å². The van der Waals surface area contributed by atoms with Gasteiger partial charge in [0, 0.05) is 0 Å². The van der Waals surface area contributed by atoms with Gasteiger partial charge in [-0.1, -0.05) is 87.2 Å². The van der Waals surface area contributed by atoms with Crippen LogP contribution in [-0.2, 0) is 6.42 Å². The molecule has 0 spiro atoms. The molecule has 0 amide bonds. The van der Waals surface area contributed by atoms with Crippen molar-refractivity contribution in [2.24, 2.45) is 0 Å². The van der Waals surface area contributed by atoms with Gasteiger partial charge in [-0.2, -0.15) is 0 Å². The Hall–Kier alpha value is -1.13. The second-order valence-electron chi connectivity index (χ2n) is 6.77. The van der Waals surface area contributed by atoms with E-state index < -0.39 is 0 Å². The van der Waals surface area contributed by atoms with Crippen molar-refractivity contribution in [2.45, 2.75) is 63.9 Å². The first-order valence-corrected chi connectivity index (χ1v) is 10.7. The summed E-state index contributed by atoms with van der Waals surface area (Å²) >= 11 is 0. The van der Waals surface area contributed by atoms with E-state index in [1.165, 1.54) is 56.9 Å². The van der Waals surface area contributed by atoms with E-state index in [1.54, 1.807) is 10.6 Å². The molecular formula is C22H29P. The smallest absolute Gasteiger partial charge is 0.0129 e. The quantitative estimate of drug-likeness (QED) is 0.590. The predicted octanol–water partition coefficient (Wildman–Crippen LogP) is 5.79. The highest BCUT2D eigenvalue weighted by molar-refractivity contribution is 7.73. The molecule has 0 aliphatic heterocycles. The zero-order valence-corrected chi connectivity index (χ0v) is 15.3. The summed E-state index contributed by atoms with van der Waals surface area (Å²) in [5.74, 6) is 0. The largest absolute Gasteiger partial charge is 0.0654 e. The standard InChI is InChI=1S/C22H29P/c1-2-3-10-19-15-17-22(18-16-19)23(20-11-6-4-7-12-20)21-13-8-5-9-14-21/h4,6-7,11-12,15-18,21H,2-3,5,8-10,13-14H2,1H3. The summed E-state index contributed by atoms with van der Waals surface area (Å²) in [7, 11) is -0.194. The zero-order valence-electron chi connectivity index (χ0n) is 14.4. The van der Waals surface area contributed by atoms with Gasteiger partial charge in [0.1, 0.15) is 0 Å². The molecule has 2 aromatic carbocycles. The molecule has 0 aromatic heterocycles. The summed E-state index contributed by atoms with van der Waals surface area (Å²) in [5, 5.41) is 3.15. The lowest BCUT2D eigenvalue weighted by Crippen LogP contribution is -2.23. The van der Waals surface area contributed by atoms with Gasteiger partial charge in [0.05, 0.1) is 0 Å². The Morgan fingerprint density at radius 2 is 1.48 bits per heavy atom. The number of rotatable bonds is 6. The summed E-state index contributed by atoms with van der Waals surface area (Å²) in [4.78, 5) is 0. The normalized spacial score (nSPS) is 17.1. The number of unbranched alkanes of at least 4 members (excludes halogenated alkanes) is 1. The molecule has 0 N–H and O–H groups in total. The molecule has 1 atom stereocenters. The van der Waals surface area contributed by atoms with Crippen LogP contribution < -0.4 is 10.6 Å². The summed E-state index contributed by atoms with van der Waals surface area (Å²) in [6.45, 7) is 2.27. The van der Waals surface area contributed by atoms with Crippen LogP contribution in [0.5, 0.6) is 0 Å². The van der Waals surface area contributed by atoms with E-state index in [0.717, 1.165) is 5.66 Å². The third kappa shape index (κ3) is 4.45. The predicted molar refractivity (Wildman–Crippen MR) is 105 cm³/mol. The van der Waals surface area contributed by atoms with E-state index in [1.807, 2.05) is 0 Å². The third-order valence-electron chi connectivity index (χ3n) is 5.01. The van der Waals surface area contributed by atoms with Gasteiger partial charge in [0.2, 0.25) is 0 Å². The minimum absolute atomic E-state index is 0.194. The van der Waals surface area contributed by atoms with Gasteiger partial charge in [0.25, 0.3) is 0 Å². The third-order valence-corrected chi connectivity index (χ3v) is 7.96. The van der Waals surface area contributed by atoms with Gasteiger partial charge in [0.15, 0.2) is 0 Å². The van der Waals surface area contributed by atoms with E-state index >= 15 is 0 Å². The van der Waals surface area contributed by atoms with Gasteiger partial charge >= 0.3 is 0 Å². The molecule has 0 nitrogen and oxygen atoms in total. The van der Waals surface area contributed by atoms with E-state index in [2.05, 4.69) is 61.5 Å². The highest BCUT2D eigenvalue weighted by atomic mass is 31.1. The van der Waals surface area contributed by atoms with Crippen molar-refractivity contribution >= 4 is 18.5 Å². The van der Waals surface area contributed by atoms with Crippen LogP contribution in [0.25, 0.3) is 0 Å². The first-order valence-electron chi connectivity index (χ1n) is 9.31. The SMILES string of the molecule is CCCCc1ccc(P(c2ccccc2)C2CCCCC2)cc1. The second-order valence-corrected chi connectivity index (χ2v) is 9.27. The molecular weight excluding hydrogens is 295 g/mol. The number of aryl methyl sites for hydroxylation is 1. The first-order chi connectivity index (χ1) is 11.4. The molecule has 1 aliphatic rings. The molecule has 1 heteroatoms. The molecule has 0 bridgehead atoms. The minimum atomic E-state index is -0.194. The van der Waals surface area contributed by atoms with Crippen molar-refractivity contribution in [3.63, 3.8) is 0 Å². The molecule has 0 radical (unpaired) electrons. The summed E-state index contributed by atoms with van der Waals surface area (Å²) in [5.41, 5.74) is 2.38. The topological polar surface area (TPSA) is 0 Å². The maximum absolute atomic E-state index is 2.43. The van der Waals surface area contributed by atoms with Crippen molar-refractivity contribution in [1.82, 2.24) is 0 Å². The molecule has 1 fully saturated rings. The molecule has 23 heavy (non-hydrogen) atoms. The van der Waals surface area contributed by atoms with Crippen LogP contribution in [0.1, 0.15) is 57.4 Å². The number of benzene rings is 2. The van der Waals surface area contributed by atoms with E-state index in [4.69, 9.17) is 0 Å². The average Bonchev–Trinajstić information content (AvgIpc) is 2.63. The van der Waals surface area contributed by atoms with Crippen molar-refractivity contribution in [3.05, 3.63) is 60.2 Å². The lowest BCUT2D eigenvalue weighted by atomic mass is 10.0. The van der Waals surface area contributed by atoms with Crippen LogP contribution in [0.3, 0.4) is 0 Å². The Balaban J connectivity index is 1.85. The Kier molecular flexibility index (Phi) is 6.29. The first kappa shape index (κ1) is 16.7. The Morgan fingerprint density at radius 3 is 2.13 bits per heavy atom. The summed E-state index contributed by atoms with van der Waals surface area (Å²) in [6, 6.07) is 20.9. The van der Waals surface area contributed by atoms with Gasteiger partial charge in [-0.25, -0.2) is 0 Å². The van der Waals surface area contributed by atoms with Crippen LogP contribution in [0.4, 0.5) is 0 Å². The maximum Gasteiger partial charge on any atom is -0.0129 e. The van der Waals surface area contributed by atoms with Crippen molar-refractivity contribution in [1.29, 1.82) is 0 Å². The Bertz CT molecular complexity index is 567. The highest BCUT2D eigenvalue weighted by Gasteiger charge is 2.25. The fraction of sp³-hybridized carbons (Fsp3) is 0.455. The zero-order chi connectivity index (χ0) is 15.9. The number of hydrogen-bond donors (Lipinski definition) is 0. The van der Waals surface area contributed by atoms with Gasteiger partial charge in [-0.05, 0) is 55.4 Å². The lowest BCUT2D eigenvalue weighted by molar-refractivity contribution is 0.513. The average molecular weight is 324 g/mol. The van der Waals surface area contributed by atoms with Crippen molar-refractivity contribution < 1.29 is 0 Å². The fourth-order valence-corrected chi connectivity index (χ4v) is 6.69. The monoisotopic (exact) mass is 324 g/mol. The van der Waals surface area contributed by atoms with Crippen LogP contribution in [0.15, 0.2) is 54.6 Å². The summed E-state index contributed by atoms with van der Waals surface area (Å²) < 4.78 is 0. The molecule has 2 aromatic rings. The molecule has 0 saturated heterocycles. The molecule has 122 valence electrons. The van der Waals surface area contributed by atoms with Gasteiger partial charge in [-0.3, -0.25) is 0 Å². The van der Waals surface area contributed by atoms with Crippen LogP contribution >= 0.6 is 7.92 Å².